The van der Waals surface area contributed by atoms with E-state index in [4.69, 9.17) is 11.6 Å². The maximum absolute atomic E-state index is 13.5. The number of carbonyl (C=O) groups is 2. The van der Waals surface area contributed by atoms with Crippen molar-refractivity contribution in [3.05, 3.63) is 121 Å². The Morgan fingerprint density at radius 1 is 0.919 bits per heavy atom. The highest BCUT2D eigenvalue weighted by Gasteiger charge is 2.34. The number of rotatable bonds is 6. The Morgan fingerprint density at radius 3 is 2.27 bits per heavy atom. The van der Waals surface area contributed by atoms with Crippen LogP contribution in [0, 0.1) is 10.1 Å². The number of hydrogen-bond acceptors (Lipinski definition) is 5. The molecule has 0 atom stereocenters. The van der Waals surface area contributed by atoms with Crippen molar-refractivity contribution in [3.63, 3.8) is 0 Å². The maximum Gasteiger partial charge on any atom is 0.329 e. The van der Waals surface area contributed by atoms with Crippen LogP contribution in [0.3, 0.4) is 0 Å². The standard InChI is InChI=1S/C26H18ClN5O5/c27-20-8-4-5-9-22(20)31-24(33)19(23(29-31)17-6-2-1-3-7-17)14-21-25(34)30(26(35)28-21)15-16-10-12-18(13-11-16)32(36)37/h1-14,29H,15H2,(H,28,35)/b21-14-. The molecule has 0 radical (unpaired) electrons. The van der Waals surface area contributed by atoms with Gasteiger partial charge in [0.25, 0.3) is 17.2 Å². The second kappa shape index (κ2) is 9.59. The maximum atomic E-state index is 13.5. The first kappa shape index (κ1) is 23.8. The fourth-order valence-corrected chi connectivity index (χ4v) is 4.20. The number of H-pyrrole nitrogens is 1. The van der Waals surface area contributed by atoms with Gasteiger partial charge in [-0.1, -0.05) is 66.2 Å². The summed E-state index contributed by atoms with van der Waals surface area (Å²) >= 11 is 6.32. The van der Waals surface area contributed by atoms with Gasteiger partial charge in [0.1, 0.15) is 5.70 Å². The molecule has 2 N–H and O–H groups in total. The number of nitro benzene ring substituents is 1. The van der Waals surface area contributed by atoms with E-state index in [1.165, 1.54) is 35.0 Å². The summed E-state index contributed by atoms with van der Waals surface area (Å²) in [5.74, 6) is -0.632. The molecule has 10 nitrogen and oxygen atoms in total. The van der Waals surface area contributed by atoms with Crippen LogP contribution in [0.5, 0.6) is 0 Å². The minimum Gasteiger partial charge on any atom is -0.303 e. The topological polar surface area (TPSA) is 130 Å². The van der Waals surface area contributed by atoms with Crippen LogP contribution in [0.1, 0.15) is 11.1 Å². The second-order valence-corrected chi connectivity index (χ2v) is 8.57. The lowest BCUT2D eigenvalue weighted by Gasteiger charge is -2.11. The molecule has 0 unspecified atom stereocenters. The van der Waals surface area contributed by atoms with Crippen LogP contribution in [0.4, 0.5) is 10.5 Å². The van der Waals surface area contributed by atoms with Gasteiger partial charge in [0.05, 0.1) is 33.4 Å². The molecule has 0 bridgehead atoms. The number of carbonyl (C=O) groups excluding carboxylic acids is 2. The molecule has 5 rings (SSSR count). The van der Waals surface area contributed by atoms with Gasteiger partial charge in [0.2, 0.25) is 0 Å². The Bertz CT molecular complexity index is 1620. The van der Waals surface area contributed by atoms with Gasteiger partial charge in [-0.05, 0) is 23.8 Å². The normalized spacial score (nSPS) is 14.3. The van der Waals surface area contributed by atoms with E-state index in [1.807, 2.05) is 18.2 Å². The van der Waals surface area contributed by atoms with Crippen LogP contribution in [0.15, 0.2) is 89.4 Å². The highest BCUT2D eigenvalue weighted by Crippen LogP contribution is 2.26. The number of aromatic amines is 1. The molecule has 1 aliphatic heterocycles. The van der Waals surface area contributed by atoms with Crippen molar-refractivity contribution < 1.29 is 14.5 Å². The Balaban J connectivity index is 1.53. The summed E-state index contributed by atoms with van der Waals surface area (Å²) in [6.45, 7) is -0.0947. The Kier molecular flexibility index (Phi) is 6.16. The summed E-state index contributed by atoms with van der Waals surface area (Å²) in [6.07, 6.45) is 1.34. The van der Waals surface area contributed by atoms with Crippen molar-refractivity contribution in [1.82, 2.24) is 20.0 Å². The Hall–Kier alpha value is -4.96. The smallest absolute Gasteiger partial charge is 0.303 e. The number of aromatic nitrogens is 2. The van der Waals surface area contributed by atoms with Crippen LogP contribution in [0.25, 0.3) is 23.0 Å². The average Bonchev–Trinajstić information content (AvgIpc) is 3.36. The molecule has 1 fully saturated rings. The summed E-state index contributed by atoms with van der Waals surface area (Å²) in [5, 5.41) is 16.8. The van der Waals surface area contributed by atoms with E-state index in [1.54, 1.807) is 36.4 Å². The van der Waals surface area contributed by atoms with Gasteiger partial charge in [-0.15, -0.1) is 0 Å². The van der Waals surface area contributed by atoms with Gasteiger partial charge in [-0.3, -0.25) is 29.7 Å². The third-order valence-electron chi connectivity index (χ3n) is 5.82. The fourth-order valence-electron chi connectivity index (χ4n) is 3.98. The zero-order chi connectivity index (χ0) is 26.1. The number of nitrogens with one attached hydrogen (secondary N) is 2. The molecule has 184 valence electrons. The number of para-hydroxylation sites is 1. The first-order valence-electron chi connectivity index (χ1n) is 11.1. The third-order valence-corrected chi connectivity index (χ3v) is 6.14. The summed E-state index contributed by atoms with van der Waals surface area (Å²) in [7, 11) is 0. The van der Waals surface area contributed by atoms with Crippen LogP contribution in [0.2, 0.25) is 5.02 Å². The van der Waals surface area contributed by atoms with E-state index < -0.39 is 22.4 Å². The number of benzene rings is 3. The molecule has 1 saturated heterocycles. The predicted octanol–water partition coefficient (Wildman–Crippen LogP) is 4.49. The summed E-state index contributed by atoms with van der Waals surface area (Å²) in [6, 6.07) is 20.8. The molecule has 0 spiro atoms. The lowest BCUT2D eigenvalue weighted by Crippen LogP contribution is -2.30. The molecule has 1 aliphatic rings. The van der Waals surface area contributed by atoms with Crippen molar-refractivity contribution in [2.45, 2.75) is 6.54 Å². The van der Waals surface area contributed by atoms with Crippen LogP contribution >= 0.6 is 11.6 Å². The van der Waals surface area contributed by atoms with Gasteiger partial charge in [0.15, 0.2) is 0 Å². The molecule has 0 aliphatic carbocycles. The van der Waals surface area contributed by atoms with Crippen molar-refractivity contribution in [3.8, 4) is 16.9 Å². The predicted molar refractivity (Wildman–Crippen MR) is 137 cm³/mol. The monoisotopic (exact) mass is 515 g/mol. The minimum atomic E-state index is -0.669. The second-order valence-electron chi connectivity index (χ2n) is 8.16. The molecule has 4 aromatic rings. The molecule has 11 heteroatoms. The highest BCUT2D eigenvalue weighted by atomic mass is 35.5. The lowest BCUT2D eigenvalue weighted by atomic mass is 10.1. The van der Waals surface area contributed by atoms with Crippen LogP contribution < -0.4 is 10.9 Å². The van der Waals surface area contributed by atoms with Crippen molar-refractivity contribution in [2.24, 2.45) is 0 Å². The van der Waals surface area contributed by atoms with Crippen LogP contribution in [-0.4, -0.2) is 31.5 Å². The molecule has 37 heavy (non-hydrogen) atoms. The van der Waals surface area contributed by atoms with Gasteiger partial charge in [-0.2, -0.15) is 0 Å². The van der Waals surface area contributed by atoms with Gasteiger partial charge in [-0.25, -0.2) is 9.48 Å². The van der Waals surface area contributed by atoms with E-state index >= 15 is 0 Å². The molecule has 0 saturated carbocycles. The van der Waals surface area contributed by atoms with Gasteiger partial charge >= 0.3 is 6.03 Å². The van der Waals surface area contributed by atoms with E-state index in [0.717, 1.165) is 4.90 Å². The Labute approximate surface area is 214 Å². The Morgan fingerprint density at radius 2 is 1.59 bits per heavy atom. The summed E-state index contributed by atoms with van der Waals surface area (Å²) in [4.78, 5) is 50.5. The lowest BCUT2D eigenvalue weighted by molar-refractivity contribution is -0.384. The van der Waals surface area contributed by atoms with E-state index in [2.05, 4.69) is 10.4 Å². The number of nitrogens with zero attached hydrogens (tertiary/aromatic N) is 3. The number of amides is 3. The first-order valence-corrected chi connectivity index (χ1v) is 11.4. The van der Waals surface area contributed by atoms with Crippen molar-refractivity contribution in [2.75, 3.05) is 0 Å². The number of urea groups is 1. The quantitative estimate of drug-likeness (QED) is 0.169. The first-order chi connectivity index (χ1) is 17.8. The number of hydrogen-bond donors (Lipinski definition) is 2. The molecule has 3 aromatic carbocycles. The number of nitro groups is 1. The van der Waals surface area contributed by atoms with Crippen molar-refractivity contribution in [1.29, 1.82) is 0 Å². The molecule has 1 aromatic heterocycles. The molecule has 3 amide bonds. The van der Waals surface area contributed by atoms with Gasteiger partial charge in [0, 0.05) is 17.7 Å². The summed E-state index contributed by atoms with van der Waals surface area (Å²) in [5.41, 5.74) is 1.61. The van der Waals surface area contributed by atoms with Gasteiger partial charge < -0.3 is 5.32 Å². The van der Waals surface area contributed by atoms with Crippen LogP contribution in [-0.2, 0) is 11.3 Å². The zero-order valence-electron chi connectivity index (χ0n) is 19.1. The average molecular weight is 516 g/mol. The number of halogens is 1. The number of non-ortho nitro benzene ring substituents is 1. The van der Waals surface area contributed by atoms with E-state index in [0.29, 0.717) is 27.5 Å². The molecule has 2 heterocycles. The third kappa shape index (κ3) is 4.53. The molecular formula is C26H18ClN5O5. The number of imide groups is 1. The summed E-state index contributed by atoms with van der Waals surface area (Å²) < 4.78 is 1.28. The minimum absolute atomic E-state index is 0.0773. The largest absolute Gasteiger partial charge is 0.329 e. The van der Waals surface area contributed by atoms with E-state index in [-0.39, 0.29) is 23.5 Å². The van der Waals surface area contributed by atoms with E-state index in [9.17, 15) is 24.5 Å². The zero-order valence-corrected chi connectivity index (χ0v) is 19.8. The molecular weight excluding hydrogens is 498 g/mol. The SMILES string of the molecule is O=C1N/C(=C\c2c(-c3ccccc3)[nH]n(-c3ccccc3Cl)c2=O)C(=O)N1Cc1ccc([N+](=O)[O-])cc1. The fraction of sp³-hybridized carbons (Fsp3) is 0.0385. The van der Waals surface area contributed by atoms with Crippen molar-refractivity contribution >= 4 is 35.3 Å². The highest BCUT2D eigenvalue weighted by molar-refractivity contribution is 6.32.